The Labute approximate surface area is 151 Å². The number of anilines is 1. The lowest BCUT2D eigenvalue weighted by Crippen LogP contribution is -2.15. The summed E-state index contributed by atoms with van der Waals surface area (Å²) >= 11 is 1.37. The standard InChI is InChI=1S/C20H20N2O2S/c1-3-24-19(23)18-17(16-12-8-5-9-13-16)21-20(25-18)22(2)14-15-10-6-4-7-11-15/h4-13H,3,14H2,1-2H3. The Bertz CT molecular complexity index is 831. The number of benzene rings is 2. The summed E-state index contributed by atoms with van der Waals surface area (Å²) in [6.07, 6.45) is 0. The highest BCUT2D eigenvalue weighted by molar-refractivity contribution is 7.17. The van der Waals surface area contributed by atoms with E-state index >= 15 is 0 Å². The molecule has 1 aromatic heterocycles. The lowest BCUT2D eigenvalue weighted by atomic mass is 10.1. The fourth-order valence-corrected chi connectivity index (χ4v) is 3.47. The van der Waals surface area contributed by atoms with E-state index in [1.165, 1.54) is 16.9 Å². The molecular formula is C20H20N2O2S. The van der Waals surface area contributed by atoms with Gasteiger partial charge in [-0.3, -0.25) is 0 Å². The van der Waals surface area contributed by atoms with E-state index in [2.05, 4.69) is 17.0 Å². The van der Waals surface area contributed by atoms with E-state index in [1.54, 1.807) is 0 Å². The number of hydrogen-bond donors (Lipinski definition) is 0. The molecule has 0 spiro atoms. The summed E-state index contributed by atoms with van der Waals surface area (Å²) in [5.74, 6) is -0.321. The molecule has 0 radical (unpaired) electrons. The molecule has 0 saturated heterocycles. The fraction of sp³-hybridized carbons (Fsp3) is 0.200. The molecule has 25 heavy (non-hydrogen) atoms. The molecule has 0 aliphatic heterocycles. The second-order valence-corrected chi connectivity index (χ2v) is 6.58. The van der Waals surface area contributed by atoms with Crippen molar-refractivity contribution in [2.45, 2.75) is 13.5 Å². The number of ether oxygens (including phenoxy) is 1. The first-order valence-corrected chi connectivity index (χ1v) is 8.99. The Hall–Kier alpha value is -2.66. The zero-order valence-corrected chi connectivity index (χ0v) is 15.1. The van der Waals surface area contributed by atoms with Crippen LogP contribution in [0.15, 0.2) is 60.7 Å². The molecule has 1 heterocycles. The summed E-state index contributed by atoms with van der Waals surface area (Å²) in [6.45, 7) is 2.88. The maximum Gasteiger partial charge on any atom is 0.350 e. The van der Waals surface area contributed by atoms with Gasteiger partial charge in [-0.2, -0.15) is 0 Å². The number of nitrogens with zero attached hydrogens (tertiary/aromatic N) is 2. The van der Waals surface area contributed by atoms with E-state index in [0.29, 0.717) is 17.2 Å². The summed E-state index contributed by atoms with van der Waals surface area (Å²) in [5, 5.41) is 0.797. The van der Waals surface area contributed by atoms with Gasteiger partial charge in [-0.25, -0.2) is 9.78 Å². The van der Waals surface area contributed by atoms with Crippen LogP contribution in [0, 0.1) is 0 Å². The van der Waals surface area contributed by atoms with E-state index in [-0.39, 0.29) is 5.97 Å². The first-order valence-electron chi connectivity index (χ1n) is 8.17. The van der Waals surface area contributed by atoms with E-state index in [9.17, 15) is 4.79 Å². The molecule has 0 fully saturated rings. The van der Waals surface area contributed by atoms with Gasteiger partial charge in [0, 0.05) is 19.2 Å². The molecule has 0 aliphatic rings. The minimum absolute atomic E-state index is 0.321. The van der Waals surface area contributed by atoms with Gasteiger partial charge >= 0.3 is 5.97 Å². The van der Waals surface area contributed by atoms with Crippen LogP contribution in [0.2, 0.25) is 0 Å². The highest BCUT2D eigenvalue weighted by atomic mass is 32.1. The van der Waals surface area contributed by atoms with Crippen LogP contribution in [-0.4, -0.2) is 24.6 Å². The van der Waals surface area contributed by atoms with Crippen molar-refractivity contribution in [1.29, 1.82) is 0 Å². The van der Waals surface area contributed by atoms with Crippen LogP contribution in [0.25, 0.3) is 11.3 Å². The van der Waals surface area contributed by atoms with Gasteiger partial charge in [0.2, 0.25) is 0 Å². The molecule has 3 rings (SSSR count). The van der Waals surface area contributed by atoms with Crippen molar-refractivity contribution >= 4 is 22.4 Å². The molecule has 128 valence electrons. The van der Waals surface area contributed by atoms with Crippen molar-refractivity contribution in [2.24, 2.45) is 0 Å². The number of rotatable bonds is 6. The smallest absolute Gasteiger partial charge is 0.350 e. The van der Waals surface area contributed by atoms with Crippen molar-refractivity contribution in [2.75, 3.05) is 18.6 Å². The Morgan fingerprint density at radius 2 is 1.72 bits per heavy atom. The lowest BCUT2D eigenvalue weighted by molar-refractivity contribution is 0.0532. The first-order chi connectivity index (χ1) is 12.2. The average Bonchev–Trinajstić information content (AvgIpc) is 3.09. The van der Waals surface area contributed by atoms with E-state index < -0.39 is 0 Å². The molecule has 0 N–H and O–H groups in total. The average molecular weight is 352 g/mol. The van der Waals surface area contributed by atoms with Crippen LogP contribution < -0.4 is 4.90 Å². The minimum Gasteiger partial charge on any atom is -0.462 e. The van der Waals surface area contributed by atoms with Gasteiger partial charge in [0.05, 0.1) is 12.3 Å². The predicted molar refractivity (Wildman–Crippen MR) is 102 cm³/mol. The van der Waals surface area contributed by atoms with E-state index in [4.69, 9.17) is 9.72 Å². The molecular weight excluding hydrogens is 332 g/mol. The van der Waals surface area contributed by atoms with Crippen LogP contribution in [0.1, 0.15) is 22.2 Å². The van der Waals surface area contributed by atoms with Crippen LogP contribution in [0.4, 0.5) is 5.13 Å². The summed E-state index contributed by atoms with van der Waals surface area (Å²) in [7, 11) is 1.98. The van der Waals surface area contributed by atoms with Crippen LogP contribution >= 0.6 is 11.3 Å². The summed E-state index contributed by atoms with van der Waals surface area (Å²) in [4.78, 5) is 19.7. The second-order valence-electron chi connectivity index (χ2n) is 5.60. The lowest BCUT2D eigenvalue weighted by Gasteiger charge is -2.15. The van der Waals surface area contributed by atoms with Gasteiger partial charge < -0.3 is 9.64 Å². The maximum atomic E-state index is 12.4. The van der Waals surface area contributed by atoms with Crippen molar-refractivity contribution in [3.05, 3.63) is 71.1 Å². The van der Waals surface area contributed by atoms with Gasteiger partial charge in [-0.1, -0.05) is 72.0 Å². The predicted octanol–water partition coefficient (Wildman–Crippen LogP) is 4.62. The maximum absolute atomic E-state index is 12.4. The van der Waals surface area contributed by atoms with Gasteiger partial charge in [0.1, 0.15) is 4.88 Å². The zero-order chi connectivity index (χ0) is 17.6. The minimum atomic E-state index is -0.321. The highest BCUT2D eigenvalue weighted by Gasteiger charge is 2.22. The number of thiazole rings is 1. The first kappa shape index (κ1) is 17.2. The molecule has 5 heteroatoms. The topological polar surface area (TPSA) is 42.4 Å². The molecule has 2 aromatic carbocycles. The molecule has 0 saturated carbocycles. The third-order valence-corrected chi connectivity index (χ3v) is 4.86. The quantitative estimate of drug-likeness (QED) is 0.607. The van der Waals surface area contributed by atoms with E-state index in [1.807, 2.05) is 62.5 Å². The number of esters is 1. The normalized spacial score (nSPS) is 10.5. The Morgan fingerprint density at radius 1 is 1.08 bits per heavy atom. The molecule has 4 nitrogen and oxygen atoms in total. The van der Waals surface area contributed by atoms with Crippen molar-refractivity contribution in [3.63, 3.8) is 0 Å². The number of carbonyl (C=O) groups excluding carboxylic acids is 1. The Balaban J connectivity index is 1.94. The van der Waals surface area contributed by atoms with Crippen LogP contribution in [0.5, 0.6) is 0 Å². The van der Waals surface area contributed by atoms with Crippen molar-refractivity contribution in [3.8, 4) is 11.3 Å². The largest absolute Gasteiger partial charge is 0.462 e. The van der Waals surface area contributed by atoms with Gasteiger partial charge in [-0.05, 0) is 12.5 Å². The third kappa shape index (κ3) is 4.06. The molecule has 0 unspecified atom stereocenters. The van der Waals surface area contributed by atoms with Crippen molar-refractivity contribution in [1.82, 2.24) is 4.98 Å². The number of hydrogen-bond acceptors (Lipinski definition) is 5. The highest BCUT2D eigenvalue weighted by Crippen LogP contribution is 2.33. The molecule has 0 amide bonds. The van der Waals surface area contributed by atoms with Gasteiger partial charge in [0.25, 0.3) is 0 Å². The van der Waals surface area contributed by atoms with Crippen LogP contribution in [-0.2, 0) is 11.3 Å². The fourth-order valence-electron chi connectivity index (χ4n) is 2.52. The number of carbonyl (C=O) groups is 1. The Morgan fingerprint density at radius 3 is 2.36 bits per heavy atom. The van der Waals surface area contributed by atoms with E-state index in [0.717, 1.165) is 17.2 Å². The SMILES string of the molecule is CCOC(=O)c1sc(N(C)Cc2ccccc2)nc1-c1ccccc1. The second kappa shape index (κ2) is 7.94. The molecule has 0 atom stereocenters. The van der Waals surface area contributed by atoms with Gasteiger partial charge in [0.15, 0.2) is 5.13 Å². The van der Waals surface area contributed by atoms with Gasteiger partial charge in [-0.15, -0.1) is 0 Å². The third-order valence-electron chi connectivity index (χ3n) is 3.71. The zero-order valence-electron chi connectivity index (χ0n) is 14.3. The number of aromatic nitrogens is 1. The Kier molecular flexibility index (Phi) is 5.46. The van der Waals surface area contributed by atoms with Crippen molar-refractivity contribution < 1.29 is 9.53 Å². The summed E-state index contributed by atoms with van der Waals surface area (Å²) in [6, 6.07) is 19.9. The summed E-state index contributed by atoms with van der Waals surface area (Å²) < 4.78 is 5.21. The monoisotopic (exact) mass is 352 g/mol. The molecule has 3 aromatic rings. The van der Waals surface area contributed by atoms with Crippen LogP contribution in [0.3, 0.4) is 0 Å². The molecule has 0 bridgehead atoms. The molecule has 0 aliphatic carbocycles. The summed E-state index contributed by atoms with van der Waals surface area (Å²) in [5.41, 5.74) is 2.79.